The fourth-order valence-electron chi connectivity index (χ4n) is 3.45. The molecule has 7 heteroatoms. The summed E-state index contributed by atoms with van der Waals surface area (Å²) in [6, 6.07) is 8.08. The van der Waals surface area contributed by atoms with Gasteiger partial charge in [-0.15, -0.1) is 11.3 Å². The number of aryl methyl sites for hydroxylation is 1. The van der Waals surface area contributed by atoms with Gasteiger partial charge in [-0.2, -0.15) is 0 Å². The highest BCUT2D eigenvalue weighted by Gasteiger charge is 2.21. The quantitative estimate of drug-likeness (QED) is 0.659. The van der Waals surface area contributed by atoms with E-state index < -0.39 is 0 Å². The molecule has 0 spiro atoms. The van der Waals surface area contributed by atoms with Crippen molar-refractivity contribution in [2.75, 3.05) is 38.2 Å². The van der Waals surface area contributed by atoms with Crippen molar-refractivity contribution < 1.29 is 4.74 Å². The van der Waals surface area contributed by atoms with Gasteiger partial charge in [0.05, 0.1) is 7.11 Å². The number of rotatable bonds is 5. The summed E-state index contributed by atoms with van der Waals surface area (Å²) in [7, 11) is 1.69. The van der Waals surface area contributed by atoms with E-state index in [0.717, 1.165) is 60.6 Å². The molecule has 3 heterocycles. The summed E-state index contributed by atoms with van der Waals surface area (Å²) >= 11 is 1.76. The van der Waals surface area contributed by atoms with Gasteiger partial charge >= 0.3 is 0 Å². The van der Waals surface area contributed by atoms with Crippen molar-refractivity contribution in [1.82, 2.24) is 19.9 Å². The molecule has 1 aromatic carbocycles. The van der Waals surface area contributed by atoms with Crippen LogP contribution in [0.25, 0.3) is 10.6 Å². The van der Waals surface area contributed by atoms with E-state index in [4.69, 9.17) is 4.74 Å². The highest BCUT2D eigenvalue weighted by Crippen LogP contribution is 2.29. The van der Waals surface area contributed by atoms with Gasteiger partial charge in [-0.25, -0.2) is 15.0 Å². The highest BCUT2D eigenvalue weighted by atomic mass is 32.1. The van der Waals surface area contributed by atoms with Gasteiger partial charge in [0.15, 0.2) is 0 Å². The van der Waals surface area contributed by atoms with E-state index in [2.05, 4.69) is 37.7 Å². The summed E-state index contributed by atoms with van der Waals surface area (Å²) in [6.07, 6.45) is 3.67. The van der Waals surface area contributed by atoms with Crippen LogP contribution in [-0.4, -0.2) is 53.1 Å². The first-order valence-electron chi connectivity index (χ1n) is 9.48. The summed E-state index contributed by atoms with van der Waals surface area (Å²) in [5.74, 6) is 1.94. The van der Waals surface area contributed by atoms with Crippen molar-refractivity contribution in [3.63, 3.8) is 0 Å². The number of anilines is 1. The topological polar surface area (TPSA) is 54.4 Å². The highest BCUT2D eigenvalue weighted by molar-refractivity contribution is 7.15. The maximum atomic E-state index is 5.32. The van der Waals surface area contributed by atoms with Gasteiger partial charge in [0.1, 0.15) is 22.9 Å². The largest absolute Gasteiger partial charge is 0.497 e. The molecule has 0 bridgehead atoms. The number of thiazole rings is 1. The van der Waals surface area contributed by atoms with E-state index in [1.807, 2.05) is 31.3 Å². The maximum Gasteiger partial charge on any atom is 0.135 e. The minimum Gasteiger partial charge on any atom is -0.497 e. The molecular formula is C21H25N5OS. The Morgan fingerprint density at radius 3 is 2.68 bits per heavy atom. The second-order valence-corrected chi connectivity index (χ2v) is 8.15. The second kappa shape index (κ2) is 8.24. The average molecular weight is 396 g/mol. The third kappa shape index (κ3) is 4.00. The fraction of sp³-hybridized carbons (Fsp3) is 0.381. The maximum absolute atomic E-state index is 5.32. The summed E-state index contributed by atoms with van der Waals surface area (Å²) in [5, 5.41) is 1.04. The molecule has 0 atom stereocenters. The van der Waals surface area contributed by atoms with E-state index in [1.54, 1.807) is 24.8 Å². The lowest BCUT2D eigenvalue weighted by atomic mass is 10.2. The number of nitrogens with zero attached hydrogens (tertiary/aromatic N) is 5. The molecule has 3 aromatic rings. The van der Waals surface area contributed by atoms with Crippen LogP contribution in [0.5, 0.6) is 5.75 Å². The summed E-state index contributed by atoms with van der Waals surface area (Å²) < 4.78 is 5.32. The Hall–Kier alpha value is -2.51. The number of piperazine rings is 1. The zero-order valence-electron chi connectivity index (χ0n) is 16.6. The molecule has 0 aliphatic carbocycles. The molecule has 4 rings (SSSR count). The molecule has 146 valence electrons. The lowest BCUT2D eigenvalue weighted by Crippen LogP contribution is -2.46. The van der Waals surface area contributed by atoms with Crippen LogP contribution in [0.2, 0.25) is 0 Å². The summed E-state index contributed by atoms with van der Waals surface area (Å²) in [6.45, 7) is 9.10. The Labute approximate surface area is 169 Å². The number of aromatic nitrogens is 3. The van der Waals surface area contributed by atoms with Gasteiger partial charge in [0.25, 0.3) is 0 Å². The van der Waals surface area contributed by atoms with E-state index in [9.17, 15) is 0 Å². The van der Waals surface area contributed by atoms with Crippen molar-refractivity contribution in [3.05, 3.63) is 52.9 Å². The number of hydrogen-bond donors (Lipinski definition) is 0. The monoisotopic (exact) mass is 395 g/mol. The minimum atomic E-state index is 0.862. The first-order chi connectivity index (χ1) is 13.6. The normalized spacial score (nSPS) is 15.0. The minimum absolute atomic E-state index is 0.862. The molecule has 0 N–H and O–H groups in total. The zero-order valence-corrected chi connectivity index (χ0v) is 17.4. The Morgan fingerprint density at radius 1 is 1.07 bits per heavy atom. The average Bonchev–Trinajstić information content (AvgIpc) is 3.19. The Morgan fingerprint density at radius 2 is 1.89 bits per heavy atom. The van der Waals surface area contributed by atoms with Gasteiger partial charge in [-0.3, -0.25) is 4.90 Å². The van der Waals surface area contributed by atoms with Crippen LogP contribution < -0.4 is 9.64 Å². The molecule has 28 heavy (non-hydrogen) atoms. The number of hydrogen-bond acceptors (Lipinski definition) is 7. The third-order valence-corrected chi connectivity index (χ3v) is 6.26. The van der Waals surface area contributed by atoms with E-state index in [1.165, 1.54) is 10.4 Å². The van der Waals surface area contributed by atoms with Crippen LogP contribution in [-0.2, 0) is 6.54 Å². The molecule has 2 aromatic heterocycles. The zero-order chi connectivity index (χ0) is 19.5. The molecule has 1 saturated heterocycles. The van der Waals surface area contributed by atoms with Crippen molar-refractivity contribution in [2.24, 2.45) is 0 Å². The predicted molar refractivity (Wildman–Crippen MR) is 113 cm³/mol. The van der Waals surface area contributed by atoms with Crippen LogP contribution in [0.15, 0.2) is 36.8 Å². The Kier molecular flexibility index (Phi) is 5.54. The fourth-order valence-corrected chi connectivity index (χ4v) is 4.40. The van der Waals surface area contributed by atoms with Gasteiger partial charge in [0, 0.05) is 60.6 Å². The number of methoxy groups -OCH3 is 1. The molecule has 0 saturated carbocycles. The van der Waals surface area contributed by atoms with E-state index in [-0.39, 0.29) is 0 Å². The van der Waals surface area contributed by atoms with Gasteiger partial charge < -0.3 is 9.64 Å². The first kappa shape index (κ1) is 18.8. The smallest absolute Gasteiger partial charge is 0.135 e. The number of ether oxygens (including phenoxy) is 1. The molecule has 1 aliphatic rings. The molecular weight excluding hydrogens is 370 g/mol. The lowest BCUT2D eigenvalue weighted by Gasteiger charge is -2.35. The van der Waals surface area contributed by atoms with Gasteiger partial charge in [0.2, 0.25) is 0 Å². The van der Waals surface area contributed by atoms with Crippen LogP contribution in [0.3, 0.4) is 0 Å². The van der Waals surface area contributed by atoms with E-state index >= 15 is 0 Å². The summed E-state index contributed by atoms with van der Waals surface area (Å²) in [5.41, 5.74) is 3.35. The van der Waals surface area contributed by atoms with Crippen LogP contribution in [0, 0.1) is 13.8 Å². The van der Waals surface area contributed by atoms with Gasteiger partial charge in [-0.05, 0) is 26.0 Å². The first-order valence-corrected chi connectivity index (χ1v) is 10.3. The van der Waals surface area contributed by atoms with Crippen molar-refractivity contribution in [2.45, 2.75) is 20.4 Å². The second-order valence-electron chi connectivity index (χ2n) is 7.03. The Balaban J connectivity index is 1.38. The van der Waals surface area contributed by atoms with Crippen molar-refractivity contribution in [1.29, 1.82) is 0 Å². The van der Waals surface area contributed by atoms with Crippen LogP contribution >= 0.6 is 11.3 Å². The summed E-state index contributed by atoms with van der Waals surface area (Å²) in [4.78, 5) is 19.6. The van der Waals surface area contributed by atoms with Crippen molar-refractivity contribution in [3.8, 4) is 16.3 Å². The number of benzene rings is 1. The molecule has 0 radical (unpaired) electrons. The third-order valence-electron chi connectivity index (χ3n) is 5.23. The van der Waals surface area contributed by atoms with Crippen molar-refractivity contribution >= 4 is 17.2 Å². The van der Waals surface area contributed by atoms with Crippen LogP contribution in [0.4, 0.5) is 5.82 Å². The van der Waals surface area contributed by atoms with Crippen LogP contribution in [0.1, 0.15) is 16.1 Å². The molecule has 0 amide bonds. The van der Waals surface area contributed by atoms with E-state index in [0.29, 0.717) is 0 Å². The predicted octanol–water partition coefficient (Wildman–Crippen LogP) is 3.55. The standard InChI is InChI=1S/C21H25N5OS/c1-15-16(2)23-14-24-20(15)26-9-7-25(8-10-26)13-19-12-22-21(28-19)17-5-4-6-18(11-17)27-3/h4-6,11-12,14H,7-10,13H2,1-3H3. The molecule has 0 unspecified atom stereocenters. The molecule has 1 aliphatic heterocycles. The lowest BCUT2D eigenvalue weighted by molar-refractivity contribution is 0.251. The SMILES string of the molecule is COc1cccc(-c2ncc(CN3CCN(c4ncnc(C)c4C)CC3)s2)c1. The molecule has 1 fully saturated rings. The van der Waals surface area contributed by atoms with Gasteiger partial charge in [-0.1, -0.05) is 12.1 Å². The Bertz CT molecular complexity index is 949. The molecule has 6 nitrogen and oxygen atoms in total.